The number of fused-ring (bicyclic) bond motifs is 1. The monoisotopic (exact) mass is 380 g/mol. The molecule has 146 valence electrons. The van der Waals surface area contributed by atoms with Gasteiger partial charge in [0.25, 0.3) is 0 Å². The molecule has 0 aromatic carbocycles. The number of guanidine groups is 1. The summed E-state index contributed by atoms with van der Waals surface area (Å²) in [6.45, 7) is 5.47. The van der Waals surface area contributed by atoms with Gasteiger partial charge in [-0.05, 0) is 37.6 Å². The minimum absolute atomic E-state index is 0.108. The zero-order valence-corrected chi connectivity index (χ0v) is 16.0. The van der Waals surface area contributed by atoms with Gasteiger partial charge in [-0.1, -0.05) is 12.1 Å². The van der Waals surface area contributed by atoms with E-state index in [4.69, 9.17) is 0 Å². The average Bonchev–Trinajstić information content (AvgIpc) is 3.11. The first-order chi connectivity index (χ1) is 13.7. The Kier molecular flexibility index (Phi) is 6.50. The fourth-order valence-electron chi connectivity index (χ4n) is 2.53. The number of nitrogens with one attached hydrogen (secondary N) is 3. The van der Waals surface area contributed by atoms with Crippen molar-refractivity contribution in [3.8, 4) is 0 Å². The smallest absolute Gasteiger partial charge is 0.227 e. The van der Waals surface area contributed by atoms with Gasteiger partial charge < -0.3 is 16.0 Å². The number of aryl methyl sites for hydroxylation is 1. The van der Waals surface area contributed by atoms with E-state index in [1.165, 1.54) is 0 Å². The predicted octanol–water partition coefficient (Wildman–Crippen LogP) is 1.52. The van der Waals surface area contributed by atoms with Crippen molar-refractivity contribution in [1.82, 2.24) is 30.2 Å². The molecule has 3 rings (SSSR count). The number of nitrogens with zero attached hydrogens (tertiary/aromatic N) is 5. The number of amides is 1. The number of hydrogen-bond donors (Lipinski definition) is 3. The average molecular weight is 380 g/mol. The van der Waals surface area contributed by atoms with Crippen molar-refractivity contribution in [3.05, 3.63) is 54.1 Å². The fourth-order valence-corrected chi connectivity index (χ4v) is 2.53. The van der Waals surface area contributed by atoms with E-state index in [0.29, 0.717) is 37.8 Å². The molecule has 0 aliphatic heterocycles. The normalized spacial score (nSPS) is 11.4. The Morgan fingerprint density at radius 2 is 2.07 bits per heavy atom. The number of hydrogen-bond acceptors (Lipinski definition) is 5. The number of pyridine rings is 2. The van der Waals surface area contributed by atoms with Crippen molar-refractivity contribution in [2.75, 3.05) is 18.4 Å². The molecule has 28 heavy (non-hydrogen) atoms. The van der Waals surface area contributed by atoms with Crippen LogP contribution in [0.4, 0.5) is 5.82 Å². The summed E-state index contributed by atoms with van der Waals surface area (Å²) in [5.74, 6) is 1.81. The molecule has 0 unspecified atom stereocenters. The number of aliphatic imine (C=N–C) groups is 1. The van der Waals surface area contributed by atoms with Crippen molar-refractivity contribution in [3.63, 3.8) is 0 Å². The first-order valence-corrected chi connectivity index (χ1v) is 9.19. The molecule has 3 aromatic rings. The van der Waals surface area contributed by atoms with Crippen LogP contribution < -0.4 is 16.0 Å². The van der Waals surface area contributed by atoms with Crippen LogP contribution in [0.3, 0.4) is 0 Å². The number of carbonyl (C=O) groups is 1. The van der Waals surface area contributed by atoms with Crippen molar-refractivity contribution in [1.29, 1.82) is 0 Å². The Bertz CT molecular complexity index is 948. The zero-order valence-electron chi connectivity index (χ0n) is 16.0. The number of carbonyl (C=O) groups excluding carboxylic acids is 1. The van der Waals surface area contributed by atoms with Gasteiger partial charge in [0.2, 0.25) is 5.91 Å². The maximum absolute atomic E-state index is 12.1. The molecule has 0 atom stereocenters. The minimum Gasteiger partial charge on any atom is -0.357 e. The molecule has 3 aromatic heterocycles. The van der Waals surface area contributed by atoms with E-state index in [2.05, 4.69) is 36.1 Å². The van der Waals surface area contributed by atoms with E-state index < -0.39 is 0 Å². The summed E-state index contributed by atoms with van der Waals surface area (Å²) < 4.78 is 1.90. The lowest BCUT2D eigenvalue weighted by Crippen LogP contribution is -2.38. The molecule has 9 nitrogen and oxygen atoms in total. The summed E-state index contributed by atoms with van der Waals surface area (Å²) in [6, 6.07) is 9.43. The second-order valence-corrected chi connectivity index (χ2v) is 6.19. The molecule has 0 saturated heterocycles. The molecular weight excluding hydrogens is 356 g/mol. The Balaban J connectivity index is 1.51. The molecule has 3 heterocycles. The minimum atomic E-state index is -0.108. The van der Waals surface area contributed by atoms with Crippen LogP contribution in [0.15, 0.2) is 47.7 Å². The summed E-state index contributed by atoms with van der Waals surface area (Å²) in [5.41, 5.74) is 1.83. The maximum atomic E-state index is 12.1. The summed E-state index contributed by atoms with van der Waals surface area (Å²) in [6.07, 6.45) is 3.93. The molecule has 0 saturated carbocycles. The van der Waals surface area contributed by atoms with E-state index in [1.807, 2.05) is 48.7 Å². The zero-order chi connectivity index (χ0) is 19.8. The summed E-state index contributed by atoms with van der Waals surface area (Å²) >= 11 is 0. The SMILES string of the molecule is CCNC(=NCc1nnc2ccccn12)NCCC(=O)Nc1ccc(C)cn1. The van der Waals surface area contributed by atoms with Crippen LogP contribution in [0.1, 0.15) is 24.7 Å². The number of aromatic nitrogens is 4. The highest BCUT2D eigenvalue weighted by molar-refractivity contribution is 5.90. The van der Waals surface area contributed by atoms with Gasteiger partial charge in [0.15, 0.2) is 17.4 Å². The van der Waals surface area contributed by atoms with E-state index in [-0.39, 0.29) is 5.91 Å². The van der Waals surface area contributed by atoms with E-state index in [9.17, 15) is 4.79 Å². The predicted molar refractivity (Wildman–Crippen MR) is 108 cm³/mol. The topological polar surface area (TPSA) is 109 Å². The van der Waals surface area contributed by atoms with Gasteiger partial charge in [-0.2, -0.15) is 0 Å². The largest absolute Gasteiger partial charge is 0.357 e. The molecule has 0 spiro atoms. The van der Waals surface area contributed by atoms with Crippen molar-refractivity contribution >= 4 is 23.3 Å². The van der Waals surface area contributed by atoms with Crippen molar-refractivity contribution < 1.29 is 4.79 Å². The number of anilines is 1. The summed E-state index contributed by atoms with van der Waals surface area (Å²) in [7, 11) is 0. The van der Waals surface area contributed by atoms with Gasteiger partial charge in [-0.3, -0.25) is 9.20 Å². The molecule has 1 amide bonds. The molecule has 0 fully saturated rings. The van der Waals surface area contributed by atoms with Crippen LogP contribution in [0.2, 0.25) is 0 Å². The maximum Gasteiger partial charge on any atom is 0.227 e. The van der Waals surface area contributed by atoms with Gasteiger partial charge >= 0.3 is 0 Å². The first kappa shape index (κ1) is 19.3. The second-order valence-electron chi connectivity index (χ2n) is 6.19. The van der Waals surface area contributed by atoms with Crippen LogP contribution >= 0.6 is 0 Å². The quantitative estimate of drug-likeness (QED) is 0.424. The Hall–Kier alpha value is -3.49. The van der Waals surface area contributed by atoms with Crippen LogP contribution in [-0.2, 0) is 11.3 Å². The molecule has 0 bridgehead atoms. The van der Waals surface area contributed by atoms with E-state index in [1.54, 1.807) is 12.3 Å². The lowest BCUT2D eigenvalue weighted by atomic mass is 10.3. The van der Waals surface area contributed by atoms with E-state index in [0.717, 1.165) is 17.0 Å². The third-order valence-corrected chi connectivity index (χ3v) is 3.93. The highest BCUT2D eigenvalue weighted by Crippen LogP contribution is 2.05. The molecule has 0 aliphatic carbocycles. The summed E-state index contributed by atoms with van der Waals surface area (Å²) in [4.78, 5) is 20.7. The molecular formula is C19H24N8O. The Morgan fingerprint density at radius 3 is 2.86 bits per heavy atom. The number of rotatable bonds is 7. The van der Waals surface area contributed by atoms with Crippen LogP contribution in [0, 0.1) is 6.92 Å². The fraction of sp³-hybridized carbons (Fsp3) is 0.316. The van der Waals surface area contributed by atoms with Crippen LogP contribution in [0.5, 0.6) is 0 Å². The van der Waals surface area contributed by atoms with Crippen molar-refractivity contribution in [2.45, 2.75) is 26.8 Å². The van der Waals surface area contributed by atoms with Crippen LogP contribution in [0.25, 0.3) is 5.65 Å². The van der Waals surface area contributed by atoms with Crippen molar-refractivity contribution in [2.24, 2.45) is 4.99 Å². The Labute approximate surface area is 163 Å². The highest BCUT2D eigenvalue weighted by atomic mass is 16.1. The van der Waals surface area contributed by atoms with Gasteiger partial charge in [-0.15, -0.1) is 10.2 Å². The Morgan fingerprint density at radius 1 is 1.18 bits per heavy atom. The highest BCUT2D eigenvalue weighted by Gasteiger charge is 2.06. The standard InChI is InChI=1S/C19H24N8O/c1-3-20-19(23-13-17-26-25-16-6-4-5-11-27(16)17)21-10-9-18(28)24-15-8-7-14(2)12-22-15/h4-8,11-12H,3,9-10,13H2,1-2H3,(H2,20,21,23)(H,22,24,28). The molecule has 9 heteroatoms. The first-order valence-electron chi connectivity index (χ1n) is 9.19. The van der Waals surface area contributed by atoms with Gasteiger partial charge in [-0.25, -0.2) is 9.98 Å². The lowest BCUT2D eigenvalue weighted by Gasteiger charge is -2.11. The van der Waals surface area contributed by atoms with E-state index >= 15 is 0 Å². The summed E-state index contributed by atoms with van der Waals surface area (Å²) in [5, 5.41) is 17.4. The molecule has 0 aliphatic rings. The lowest BCUT2D eigenvalue weighted by molar-refractivity contribution is -0.116. The third kappa shape index (κ3) is 5.26. The van der Waals surface area contributed by atoms with Gasteiger partial charge in [0.05, 0.1) is 0 Å². The van der Waals surface area contributed by atoms with Crippen LogP contribution in [-0.4, -0.2) is 44.5 Å². The van der Waals surface area contributed by atoms with Gasteiger partial charge in [0, 0.05) is 31.9 Å². The molecule has 0 radical (unpaired) electrons. The second kappa shape index (κ2) is 9.45. The molecule has 3 N–H and O–H groups in total. The van der Waals surface area contributed by atoms with Gasteiger partial charge in [0.1, 0.15) is 12.4 Å². The third-order valence-electron chi connectivity index (χ3n) is 3.93.